The van der Waals surface area contributed by atoms with Crippen LogP contribution in [0.1, 0.15) is 57.6 Å². The predicted molar refractivity (Wildman–Crippen MR) is 135 cm³/mol. The third-order valence-corrected chi connectivity index (χ3v) is 7.02. The summed E-state index contributed by atoms with van der Waals surface area (Å²) in [5.74, 6) is 0.726. The molecule has 2 aliphatic heterocycles. The summed E-state index contributed by atoms with van der Waals surface area (Å²) in [6.07, 6.45) is 4.29. The number of aromatic nitrogens is 1. The van der Waals surface area contributed by atoms with Gasteiger partial charge in [-0.15, -0.1) is 0 Å². The van der Waals surface area contributed by atoms with Crippen molar-refractivity contribution >= 4 is 11.5 Å². The van der Waals surface area contributed by atoms with Crippen LogP contribution in [0.3, 0.4) is 0 Å². The smallest absolute Gasteiger partial charge is 0.163 e. The fourth-order valence-electron chi connectivity index (χ4n) is 5.25. The number of ketones is 1. The van der Waals surface area contributed by atoms with Crippen LogP contribution in [0.5, 0.6) is 5.75 Å². The van der Waals surface area contributed by atoms with Gasteiger partial charge in [-0.05, 0) is 68.1 Å². The lowest BCUT2D eigenvalue weighted by Gasteiger charge is -2.33. The van der Waals surface area contributed by atoms with Gasteiger partial charge in [-0.1, -0.05) is 18.2 Å². The molecule has 5 rings (SSSR count). The lowest BCUT2D eigenvalue weighted by atomic mass is 9.89. The van der Waals surface area contributed by atoms with Gasteiger partial charge in [-0.3, -0.25) is 19.7 Å². The molecule has 3 aromatic rings. The number of halogens is 1. The maximum absolute atomic E-state index is 14.4. The number of Topliss-reactive ketones (excluding diaryl/α,β-unsaturated/α-hetero) is 1. The zero-order chi connectivity index (χ0) is 24.4. The Labute approximate surface area is 205 Å². The number of likely N-dealkylation sites (tertiary alicyclic amines) is 1. The van der Waals surface area contributed by atoms with Crippen LogP contribution in [-0.4, -0.2) is 41.6 Å². The van der Waals surface area contributed by atoms with Gasteiger partial charge in [-0.2, -0.15) is 0 Å². The molecule has 0 unspecified atom stereocenters. The highest BCUT2D eigenvalue weighted by Gasteiger charge is 2.26. The van der Waals surface area contributed by atoms with Crippen molar-refractivity contribution in [3.8, 4) is 5.75 Å². The summed E-state index contributed by atoms with van der Waals surface area (Å²) in [4.78, 5) is 24.5. The van der Waals surface area contributed by atoms with Crippen LogP contribution in [0.25, 0.3) is 0 Å². The van der Waals surface area contributed by atoms with Crippen molar-refractivity contribution in [2.24, 2.45) is 10.9 Å². The number of hydrogen-bond acceptors (Lipinski definition) is 5. The van der Waals surface area contributed by atoms with E-state index in [2.05, 4.69) is 9.88 Å². The number of benzene rings is 2. The molecule has 0 N–H and O–H groups in total. The molecule has 3 heterocycles. The van der Waals surface area contributed by atoms with Crippen LogP contribution in [0.4, 0.5) is 4.39 Å². The van der Waals surface area contributed by atoms with Gasteiger partial charge in [0.2, 0.25) is 0 Å². The van der Waals surface area contributed by atoms with E-state index in [-0.39, 0.29) is 17.5 Å². The zero-order valence-electron chi connectivity index (χ0n) is 20.3. The van der Waals surface area contributed by atoms with Crippen molar-refractivity contribution in [3.05, 3.63) is 94.1 Å². The molecule has 1 aromatic heterocycles. The number of aryl methyl sites for hydroxylation is 1. The highest BCUT2D eigenvalue weighted by Crippen LogP contribution is 2.29. The average molecular weight is 472 g/mol. The lowest BCUT2D eigenvalue weighted by Crippen LogP contribution is -2.36. The molecule has 5 nitrogen and oxygen atoms in total. The third kappa shape index (κ3) is 5.03. The molecule has 1 saturated heterocycles. The number of piperidine rings is 1. The van der Waals surface area contributed by atoms with Gasteiger partial charge in [0.05, 0.1) is 19.4 Å². The number of methoxy groups -OCH3 is 1. The molecule has 0 amide bonds. The van der Waals surface area contributed by atoms with E-state index in [0.717, 1.165) is 59.6 Å². The number of nitrogens with zero attached hydrogens (tertiary/aromatic N) is 3. The number of pyridine rings is 1. The molecule has 0 aliphatic carbocycles. The first-order valence-electron chi connectivity index (χ1n) is 12.2. The molecule has 1 fully saturated rings. The number of carbonyl (C=O) groups is 1. The minimum absolute atomic E-state index is 0.153. The van der Waals surface area contributed by atoms with Crippen LogP contribution in [-0.2, 0) is 13.1 Å². The van der Waals surface area contributed by atoms with Crippen molar-refractivity contribution in [1.82, 2.24) is 9.88 Å². The van der Waals surface area contributed by atoms with E-state index < -0.39 is 0 Å². The van der Waals surface area contributed by atoms with Crippen LogP contribution in [0, 0.1) is 18.7 Å². The van der Waals surface area contributed by atoms with Gasteiger partial charge in [0, 0.05) is 53.7 Å². The molecule has 35 heavy (non-hydrogen) atoms. The Morgan fingerprint density at radius 2 is 2.09 bits per heavy atom. The normalized spacial score (nSPS) is 17.7. The van der Waals surface area contributed by atoms with Crippen LogP contribution >= 0.6 is 0 Å². The molecule has 0 bridgehead atoms. The van der Waals surface area contributed by atoms with Crippen molar-refractivity contribution in [2.75, 3.05) is 20.2 Å². The van der Waals surface area contributed by atoms with E-state index >= 15 is 0 Å². The van der Waals surface area contributed by atoms with Gasteiger partial charge < -0.3 is 4.74 Å². The Morgan fingerprint density at radius 3 is 2.91 bits per heavy atom. The Bertz CT molecular complexity index is 1290. The van der Waals surface area contributed by atoms with Gasteiger partial charge in [0.15, 0.2) is 5.78 Å². The number of hydrogen-bond donors (Lipinski definition) is 0. The quantitative estimate of drug-likeness (QED) is 0.435. The largest absolute Gasteiger partial charge is 0.496 e. The van der Waals surface area contributed by atoms with Gasteiger partial charge >= 0.3 is 0 Å². The summed E-state index contributed by atoms with van der Waals surface area (Å²) in [6, 6.07) is 14.9. The number of rotatable bonds is 7. The Balaban J connectivity index is 1.28. The first kappa shape index (κ1) is 23.4. The summed E-state index contributed by atoms with van der Waals surface area (Å²) in [5.41, 5.74) is 6.42. The summed E-state index contributed by atoms with van der Waals surface area (Å²) in [7, 11) is 1.57. The molecule has 0 saturated carbocycles. The van der Waals surface area contributed by atoms with Crippen molar-refractivity contribution in [2.45, 2.75) is 39.3 Å². The molecule has 0 spiro atoms. The highest BCUT2D eigenvalue weighted by molar-refractivity contribution is 6.16. The maximum Gasteiger partial charge on any atom is 0.163 e. The van der Waals surface area contributed by atoms with Crippen molar-refractivity contribution in [3.63, 3.8) is 0 Å². The topological polar surface area (TPSA) is 54.8 Å². The van der Waals surface area contributed by atoms with Crippen molar-refractivity contribution in [1.29, 1.82) is 0 Å². The lowest BCUT2D eigenvalue weighted by molar-refractivity contribution is 0.0911. The third-order valence-electron chi connectivity index (χ3n) is 7.02. The van der Waals surface area contributed by atoms with Crippen molar-refractivity contribution < 1.29 is 13.9 Å². The van der Waals surface area contributed by atoms with Gasteiger partial charge in [0.25, 0.3) is 0 Å². The predicted octanol–water partition coefficient (Wildman–Crippen LogP) is 5.37. The molecule has 0 radical (unpaired) electrons. The van der Waals surface area contributed by atoms with Gasteiger partial charge in [-0.25, -0.2) is 4.39 Å². The number of fused-ring (bicyclic) bond motifs is 1. The second-order valence-electron chi connectivity index (χ2n) is 9.51. The summed E-state index contributed by atoms with van der Waals surface area (Å²) in [5, 5.41) is 0. The van der Waals surface area contributed by atoms with E-state index in [1.54, 1.807) is 25.4 Å². The van der Waals surface area contributed by atoms with E-state index in [9.17, 15) is 9.18 Å². The first-order valence-corrected chi connectivity index (χ1v) is 12.2. The van der Waals surface area contributed by atoms with Crippen LogP contribution in [0.15, 0.2) is 59.7 Å². The second kappa shape index (κ2) is 10.1. The summed E-state index contributed by atoms with van der Waals surface area (Å²) < 4.78 is 19.8. The number of aliphatic imine (C=N–C) groups is 1. The van der Waals surface area contributed by atoms with E-state index in [0.29, 0.717) is 30.8 Å². The molecular formula is C29H30FN3O2. The molecule has 1 atom stereocenters. The van der Waals surface area contributed by atoms with E-state index in [1.807, 2.05) is 37.3 Å². The molecule has 180 valence electrons. The zero-order valence-corrected chi connectivity index (χ0v) is 20.3. The molecule has 2 aliphatic rings. The van der Waals surface area contributed by atoms with E-state index in [4.69, 9.17) is 9.73 Å². The van der Waals surface area contributed by atoms with Crippen LogP contribution in [0.2, 0.25) is 0 Å². The Morgan fingerprint density at radius 1 is 1.20 bits per heavy atom. The number of carbonyl (C=O) groups excluding carboxylic acids is 1. The molecule has 2 aromatic carbocycles. The summed E-state index contributed by atoms with van der Waals surface area (Å²) in [6.45, 7) is 4.76. The molecule has 6 heteroatoms. The standard InChI is InChI=1S/C29H30FN3O2/c1-19-13-22(10-11-31-19)29-24-15-21(8-9-23(24)16-32-29)27(34)14-20-5-4-12-33(17-20)18-25-26(30)6-3-7-28(25)35-2/h3,6-11,13,15,20H,4-5,12,14,16-18H2,1-2H3/t20-/m0/s1. The van der Waals surface area contributed by atoms with Gasteiger partial charge in [0.1, 0.15) is 11.6 Å². The SMILES string of the molecule is COc1cccc(F)c1CN1CCC[C@@H](CC(=O)c2ccc3c(c2)C(c2ccnc(C)c2)=NC3)C1. The fourth-order valence-corrected chi connectivity index (χ4v) is 5.25. The maximum atomic E-state index is 14.4. The number of ether oxygens (including phenoxy) is 1. The van der Waals surface area contributed by atoms with E-state index in [1.165, 1.54) is 6.07 Å². The average Bonchev–Trinajstić information content (AvgIpc) is 3.29. The first-order chi connectivity index (χ1) is 17.0. The highest BCUT2D eigenvalue weighted by atomic mass is 19.1. The fraction of sp³-hybridized carbons (Fsp3) is 0.345. The van der Waals surface area contributed by atoms with Crippen LogP contribution < -0.4 is 4.74 Å². The second-order valence-corrected chi connectivity index (χ2v) is 9.51. The minimum atomic E-state index is -0.248. The Kier molecular flexibility index (Phi) is 6.73. The summed E-state index contributed by atoms with van der Waals surface area (Å²) >= 11 is 0. The molecular weight excluding hydrogens is 441 g/mol. The Hall–Kier alpha value is -3.38. The monoisotopic (exact) mass is 471 g/mol. The minimum Gasteiger partial charge on any atom is -0.496 e.